The minimum Gasteiger partial charge on any atom is -0.379 e. The second kappa shape index (κ2) is 6.88. The fourth-order valence-electron chi connectivity index (χ4n) is 2.05. The largest absolute Gasteiger partial charge is 0.379 e. The molecule has 1 heterocycles. The average molecular weight is 363 g/mol. The zero-order chi connectivity index (χ0) is 12.1. The zero-order valence-electron chi connectivity index (χ0n) is 9.79. The van der Waals surface area contributed by atoms with Crippen molar-refractivity contribution >= 4 is 31.9 Å². The van der Waals surface area contributed by atoms with Crippen LogP contribution in [0.15, 0.2) is 27.1 Å². The van der Waals surface area contributed by atoms with Crippen LogP contribution in [0, 0.1) is 0 Å². The van der Waals surface area contributed by atoms with Crippen LogP contribution in [0.4, 0.5) is 0 Å². The number of rotatable bonds is 4. The van der Waals surface area contributed by atoms with Crippen LogP contribution in [0.25, 0.3) is 0 Å². The fraction of sp³-hybridized carbons (Fsp3) is 0.538. The van der Waals surface area contributed by atoms with Gasteiger partial charge < -0.3 is 4.74 Å². The Balaban J connectivity index is 1.79. The molecule has 17 heavy (non-hydrogen) atoms. The summed E-state index contributed by atoms with van der Waals surface area (Å²) >= 11 is 7.12. The highest BCUT2D eigenvalue weighted by molar-refractivity contribution is 9.11. The lowest BCUT2D eigenvalue weighted by Gasteiger charge is -2.26. The molecule has 1 aromatic carbocycles. The molecule has 1 fully saturated rings. The van der Waals surface area contributed by atoms with Crippen molar-refractivity contribution in [2.75, 3.05) is 32.8 Å². The normalized spacial score (nSPS) is 17.3. The minimum absolute atomic E-state index is 0.889. The van der Waals surface area contributed by atoms with Gasteiger partial charge in [0.1, 0.15) is 0 Å². The van der Waals surface area contributed by atoms with E-state index in [1.54, 1.807) is 0 Å². The smallest absolute Gasteiger partial charge is 0.0594 e. The van der Waals surface area contributed by atoms with Crippen molar-refractivity contribution in [3.05, 3.63) is 32.7 Å². The molecule has 1 saturated heterocycles. The molecular formula is C13H17Br2NO. The summed E-state index contributed by atoms with van der Waals surface area (Å²) in [6.07, 6.45) is 2.33. The highest BCUT2D eigenvalue weighted by atomic mass is 79.9. The molecule has 94 valence electrons. The molecule has 0 N–H and O–H groups in total. The number of halogens is 2. The number of benzene rings is 1. The molecule has 0 radical (unpaired) electrons. The first-order chi connectivity index (χ1) is 8.25. The molecule has 0 spiro atoms. The van der Waals surface area contributed by atoms with E-state index in [4.69, 9.17) is 4.74 Å². The van der Waals surface area contributed by atoms with Gasteiger partial charge in [-0.15, -0.1) is 0 Å². The average Bonchev–Trinajstić information content (AvgIpc) is 2.35. The van der Waals surface area contributed by atoms with Crippen LogP contribution in [-0.2, 0) is 11.2 Å². The maximum Gasteiger partial charge on any atom is 0.0594 e. The van der Waals surface area contributed by atoms with Crippen LogP contribution in [-0.4, -0.2) is 37.7 Å². The molecule has 4 heteroatoms. The van der Waals surface area contributed by atoms with Crippen molar-refractivity contribution in [2.24, 2.45) is 0 Å². The van der Waals surface area contributed by atoms with Crippen LogP contribution in [0.5, 0.6) is 0 Å². The summed E-state index contributed by atoms with van der Waals surface area (Å²) in [5.74, 6) is 0. The van der Waals surface area contributed by atoms with E-state index in [1.165, 1.54) is 23.0 Å². The Labute approximate surface area is 120 Å². The molecule has 2 nitrogen and oxygen atoms in total. The Morgan fingerprint density at radius 1 is 1.18 bits per heavy atom. The summed E-state index contributed by atoms with van der Waals surface area (Å²) in [5.41, 5.74) is 1.38. The summed E-state index contributed by atoms with van der Waals surface area (Å²) in [4.78, 5) is 2.48. The van der Waals surface area contributed by atoms with Crippen molar-refractivity contribution in [3.63, 3.8) is 0 Å². The van der Waals surface area contributed by atoms with Gasteiger partial charge in [0.2, 0.25) is 0 Å². The lowest BCUT2D eigenvalue weighted by Crippen LogP contribution is -2.36. The van der Waals surface area contributed by atoms with Crippen molar-refractivity contribution in [3.8, 4) is 0 Å². The molecule has 1 aliphatic heterocycles. The zero-order valence-corrected chi connectivity index (χ0v) is 13.0. The van der Waals surface area contributed by atoms with Gasteiger partial charge in [0, 0.05) is 22.0 Å². The first-order valence-electron chi connectivity index (χ1n) is 6.00. The lowest BCUT2D eigenvalue weighted by atomic mass is 10.1. The molecule has 2 rings (SSSR count). The third-order valence-corrected chi connectivity index (χ3v) is 4.30. The second-order valence-corrected chi connectivity index (χ2v) is 6.06. The molecule has 0 saturated carbocycles. The summed E-state index contributed by atoms with van der Waals surface area (Å²) < 4.78 is 7.71. The quantitative estimate of drug-likeness (QED) is 0.813. The SMILES string of the molecule is Brc1ccc(Br)c(CCCN2CCOCC2)c1. The van der Waals surface area contributed by atoms with Crippen molar-refractivity contribution < 1.29 is 4.74 Å². The molecule has 0 amide bonds. The van der Waals surface area contributed by atoms with Gasteiger partial charge in [0.05, 0.1) is 13.2 Å². The Kier molecular flexibility index (Phi) is 5.48. The second-order valence-electron chi connectivity index (χ2n) is 4.29. The Morgan fingerprint density at radius 3 is 2.71 bits per heavy atom. The first-order valence-corrected chi connectivity index (χ1v) is 7.58. The monoisotopic (exact) mass is 361 g/mol. The fourth-order valence-corrected chi connectivity index (χ4v) is 2.91. The summed E-state index contributed by atoms with van der Waals surface area (Å²) in [6, 6.07) is 6.37. The van der Waals surface area contributed by atoms with E-state index in [0.717, 1.165) is 37.2 Å². The number of ether oxygens (including phenoxy) is 1. The molecular weight excluding hydrogens is 346 g/mol. The van der Waals surface area contributed by atoms with Gasteiger partial charge in [-0.25, -0.2) is 0 Å². The van der Waals surface area contributed by atoms with E-state index in [-0.39, 0.29) is 0 Å². The van der Waals surface area contributed by atoms with E-state index in [1.807, 2.05) is 0 Å². The molecule has 0 aliphatic carbocycles. The van der Waals surface area contributed by atoms with Crippen LogP contribution < -0.4 is 0 Å². The van der Waals surface area contributed by atoms with E-state index in [9.17, 15) is 0 Å². The van der Waals surface area contributed by atoms with Gasteiger partial charge in [-0.3, -0.25) is 4.90 Å². The number of hydrogen-bond acceptors (Lipinski definition) is 2. The van der Waals surface area contributed by atoms with Crippen LogP contribution in [0.3, 0.4) is 0 Å². The minimum atomic E-state index is 0.889. The molecule has 1 aliphatic rings. The first kappa shape index (κ1) is 13.5. The predicted octanol–water partition coefficient (Wildman–Crippen LogP) is 3.48. The van der Waals surface area contributed by atoms with Gasteiger partial charge in [-0.05, 0) is 43.1 Å². The van der Waals surface area contributed by atoms with Gasteiger partial charge in [0.15, 0.2) is 0 Å². The summed E-state index contributed by atoms with van der Waals surface area (Å²) in [5, 5.41) is 0. The van der Waals surface area contributed by atoms with E-state index >= 15 is 0 Å². The lowest BCUT2D eigenvalue weighted by molar-refractivity contribution is 0.0374. The van der Waals surface area contributed by atoms with E-state index in [0.29, 0.717) is 0 Å². The maximum absolute atomic E-state index is 5.34. The molecule has 0 bridgehead atoms. The van der Waals surface area contributed by atoms with E-state index < -0.39 is 0 Å². The molecule has 1 aromatic rings. The molecule has 0 unspecified atom stereocenters. The van der Waals surface area contributed by atoms with Crippen molar-refractivity contribution in [1.82, 2.24) is 4.90 Å². The van der Waals surface area contributed by atoms with Crippen LogP contribution in [0.1, 0.15) is 12.0 Å². The Hall–Kier alpha value is 0.1000. The number of hydrogen-bond donors (Lipinski definition) is 0. The van der Waals surface area contributed by atoms with Crippen LogP contribution >= 0.6 is 31.9 Å². The Bertz CT molecular complexity index is 364. The van der Waals surface area contributed by atoms with Gasteiger partial charge >= 0.3 is 0 Å². The van der Waals surface area contributed by atoms with E-state index in [2.05, 4.69) is 55.0 Å². The van der Waals surface area contributed by atoms with Crippen LogP contribution in [0.2, 0.25) is 0 Å². The van der Waals surface area contributed by atoms with Gasteiger partial charge in [0.25, 0.3) is 0 Å². The number of morpholine rings is 1. The van der Waals surface area contributed by atoms with Gasteiger partial charge in [-0.1, -0.05) is 31.9 Å². The maximum atomic E-state index is 5.34. The van der Waals surface area contributed by atoms with Gasteiger partial charge in [-0.2, -0.15) is 0 Å². The number of nitrogens with zero attached hydrogens (tertiary/aromatic N) is 1. The molecule has 0 aromatic heterocycles. The van der Waals surface area contributed by atoms with Crippen molar-refractivity contribution in [1.29, 1.82) is 0 Å². The third kappa shape index (κ3) is 4.36. The topological polar surface area (TPSA) is 12.5 Å². The molecule has 0 atom stereocenters. The standard InChI is InChI=1S/C13H17Br2NO/c14-12-3-4-13(15)11(10-12)2-1-5-16-6-8-17-9-7-16/h3-4,10H,1-2,5-9H2. The van der Waals surface area contributed by atoms with Crippen molar-refractivity contribution in [2.45, 2.75) is 12.8 Å². The Morgan fingerprint density at radius 2 is 1.94 bits per heavy atom. The highest BCUT2D eigenvalue weighted by Gasteiger charge is 2.09. The third-order valence-electron chi connectivity index (χ3n) is 3.03. The summed E-state index contributed by atoms with van der Waals surface area (Å²) in [6.45, 7) is 5.11. The predicted molar refractivity (Wildman–Crippen MR) is 77.4 cm³/mol. The summed E-state index contributed by atoms with van der Waals surface area (Å²) in [7, 11) is 0. The highest BCUT2D eigenvalue weighted by Crippen LogP contribution is 2.22. The number of aryl methyl sites for hydroxylation is 1.